The van der Waals surface area contributed by atoms with Crippen LogP contribution in [0.5, 0.6) is 5.75 Å². The fourth-order valence-electron chi connectivity index (χ4n) is 3.84. The lowest BCUT2D eigenvalue weighted by molar-refractivity contribution is -0.907. The molecule has 1 aliphatic heterocycles. The quantitative estimate of drug-likeness (QED) is 0.672. The van der Waals surface area contributed by atoms with E-state index in [0.29, 0.717) is 19.6 Å². The molecule has 3 aromatic carbocycles. The molecule has 2 N–H and O–H groups in total. The Bertz CT molecular complexity index is 953. The van der Waals surface area contributed by atoms with Gasteiger partial charge in [-0.25, -0.2) is 0 Å². The third-order valence-corrected chi connectivity index (χ3v) is 5.47. The van der Waals surface area contributed by atoms with Crippen LogP contribution in [0.2, 0.25) is 0 Å². The topological polar surface area (TPSA) is 54.2 Å². The Morgan fingerprint density at radius 1 is 0.966 bits per heavy atom. The van der Waals surface area contributed by atoms with E-state index in [0.717, 1.165) is 29.8 Å². The Hall–Kier alpha value is -2.89. The number of rotatable bonds is 6. The van der Waals surface area contributed by atoms with Crippen LogP contribution >= 0.6 is 0 Å². The van der Waals surface area contributed by atoms with Gasteiger partial charge in [-0.05, 0) is 35.0 Å². The molecular weight excluding hydrogens is 364 g/mol. The molecule has 3 aromatic rings. The number of ether oxygens (including phenoxy) is 1. The Kier molecular flexibility index (Phi) is 6.08. The molecule has 0 aliphatic carbocycles. The van der Waals surface area contributed by atoms with Gasteiger partial charge in [-0.1, -0.05) is 48.5 Å². The van der Waals surface area contributed by atoms with E-state index in [1.54, 1.807) is 0 Å². The Morgan fingerprint density at radius 2 is 1.66 bits per heavy atom. The molecule has 1 fully saturated rings. The minimum atomic E-state index is -0.534. The van der Waals surface area contributed by atoms with Crippen LogP contribution in [0.25, 0.3) is 10.8 Å². The molecule has 0 saturated carbocycles. The van der Waals surface area contributed by atoms with Crippen molar-refractivity contribution in [1.82, 2.24) is 4.90 Å². The number of benzene rings is 3. The zero-order chi connectivity index (χ0) is 20.1. The van der Waals surface area contributed by atoms with Crippen molar-refractivity contribution in [3.8, 4) is 5.75 Å². The number of piperazine rings is 1. The number of nitrogens with zero attached hydrogens (tertiary/aromatic N) is 1. The normalized spacial score (nSPS) is 16.0. The number of fused-ring (bicyclic) bond motifs is 1. The highest BCUT2D eigenvalue weighted by atomic mass is 16.5. The Balaban J connectivity index is 1.23. The van der Waals surface area contributed by atoms with Crippen molar-refractivity contribution in [3.63, 3.8) is 0 Å². The van der Waals surface area contributed by atoms with Gasteiger partial charge >= 0.3 is 0 Å². The predicted molar refractivity (Wildman–Crippen MR) is 113 cm³/mol. The zero-order valence-corrected chi connectivity index (χ0v) is 16.5. The van der Waals surface area contributed by atoms with Crippen LogP contribution in [-0.2, 0) is 0 Å². The highest BCUT2D eigenvalue weighted by Gasteiger charge is 2.26. The van der Waals surface area contributed by atoms with Gasteiger partial charge in [0.2, 0.25) is 0 Å². The molecule has 1 heterocycles. The van der Waals surface area contributed by atoms with E-state index >= 15 is 0 Å². The summed E-state index contributed by atoms with van der Waals surface area (Å²) in [6.45, 7) is 4.00. The van der Waals surface area contributed by atoms with Crippen LogP contribution in [-0.4, -0.2) is 61.3 Å². The zero-order valence-electron chi connectivity index (χ0n) is 16.5. The van der Waals surface area contributed by atoms with Crippen LogP contribution in [0.1, 0.15) is 10.4 Å². The van der Waals surface area contributed by atoms with Crippen LogP contribution in [0, 0.1) is 0 Å². The fourth-order valence-corrected chi connectivity index (χ4v) is 3.84. The second-order valence-electron chi connectivity index (χ2n) is 7.59. The predicted octanol–water partition coefficient (Wildman–Crippen LogP) is 1.62. The van der Waals surface area contributed by atoms with Crippen LogP contribution in [0.15, 0.2) is 72.8 Å². The van der Waals surface area contributed by atoms with E-state index in [2.05, 4.69) is 12.1 Å². The first-order valence-corrected chi connectivity index (χ1v) is 10.2. The molecule has 4 rings (SSSR count). The van der Waals surface area contributed by atoms with Gasteiger partial charge in [0.25, 0.3) is 5.91 Å². The van der Waals surface area contributed by atoms with Gasteiger partial charge in [0, 0.05) is 5.56 Å². The lowest BCUT2D eigenvalue weighted by Crippen LogP contribution is -3.16. The third kappa shape index (κ3) is 4.94. The summed E-state index contributed by atoms with van der Waals surface area (Å²) in [6, 6.07) is 23.5. The maximum absolute atomic E-state index is 12.5. The molecule has 0 unspecified atom stereocenters. The SMILES string of the molecule is O=C(c1ccccc1)N1CC[NH+](C[C@@H](O)COc2ccc3ccccc3c2)CC1. The standard InChI is InChI=1S/C24H26N2O3/c27-22(18-29-23-11-10-19-6-4-5-9-21(19)16-23)17-25-12-14-26(15-13-25)24(28)20-7-2-1-3-8-20/h1-11,16,22,27H,12-15,17-18H2/p+1/t22-/m1/s1. The number of carbonyl (C=O) groups excluding carboxylic acids is 1. The minimum Gasteiger partial charge on any atom is -0.491 e. The lowest BCUT2D eigenvalue weighted by atomic mass is 10.1. The summed E-state index contributed by atoms with van der Waals surface area (Å²) in [4.78, 5) is 15.7. The van der Waals surface area contributed by atoms with Crippen molar-refractivity contribution in [3.05, 3.63) is 78.4 Å². The smallest absolute Gasteiger partial charge is 0.254 e. The summed E-state index contributed by atoms with van der Waals surface area (Å²) in [5.74, 6) is 0.862. The molecule has 0 radical (unpaired) electrons. The highest BCUT2D eigenvalue weighted by Crippen LogP contribution is 2.20. The number of hydrogen-bond donors (Lipinski definition) is 2. The summed E-state index contributed by atoms with van der Waals surface area (Å²) in [7, 11) is 0. The van der Waals surface area contributed by atoms with E-state index in [-0.39, 0.29) is 12.5 Å². The van der Waals surface area contributed by atoms with E-state index in [1.165, 1.54) is 10.3 Å². The van der Waals surface area contributed by atoms with Crippen molar-refractivity contribution in [1.29, 1.82) is 0 Å². The van der Waals surface area contributed by atoms with Crippen molar-refractivity contribution >= 4 is 16.7 Å². The molecular formula is C24H27N2O3+. The molecule has 150 valence electrons. The fraction of sp³-hybridized carbons (Fsp3) is 0.292. The maximum Gasteiger partial charge on any atom is 0.254 e. The van der Waals surface area contributed by atoms with Crippen molar-refractivity contribution in [2.45, 2.75) is 6.10 Å². The molecule has 29 heavy (non-hydrogen) atoms. The summed E-state index contributed by atoms with van der Waals surface area (Å²) in [5, 5.41) is 12.7. The Labute approximate surface area is 171 Å². The van der Waals surface area contributed by atoms with Crippen molar-refractivity contribution < 1.29 is 19.5 Å². The molecule has 0 spiro atoms. The molecule has 5 nitrogen and oxygen atoms in total. The van der Waals surface area contributed by atoms with Gasteiger partial charge in [0.05, 0.1) is 26.2 Å². The lowest BCUT2D eigenvalue weighted by Gasteiger charge is -2.33. The first-order valence-electron chi connectivity index (χ1n) is 10.2. The number of hydrogen-bond acceptors (Lipinski definition) is 3. The molecule has 1 aliphatic rings. The average molecular weight is 391 g/mol. The second kappa shape index (κ2) is 9.07. The van der Waals surface area contributed by atoms with Crippen molar-refractivity contribution in [2.24, 2.45) is 0 Å². The van der Waals surface area contributed by atoms with Gasteiger partial charge in [0.1, 0.15) is 25.0 Å². The van der Waals surface area contributed by atoms with Gasteiger partial charge in [-0.15, -0.1) is 0 Å². The molecule has 5 heteroatoms. The van der Waals surface area contributed by atoms with Gasteiger partial charge in [-0.3, -0.25) is 4.79 Å². The summed E-state index contributed by atoms with van der Waals surface area (Å²) < 4.78 is 5.81. The van der Waals surface area contributed by atoms with Crippen molar-refractivity contribution in [2.75, 3.05) is 39.3 Å². The molecule has 1 saturated heterocycles. The van der Waals surface area contributed by atoms with Crippen LogP contribution in [0.3, 0.4) is 0 Å². The van der Waals surface area contributed by atoms with E-state index in [9.17, 15) is 9.90 Å². The van der Waals surface area contributed by atoms with Crippen LogP contribution in [0.4, 0.5) is 0 Å². The largest absolute Gasteiger partial charge is 0.491 e. The number of quaternary nitrogens is 1. The summed E-state index contributed by atoms with van der Waals surface area (Å²) in [6.07, 6.45) is -0.534. The first-order chi connectivity index (χ1) is 14.2. The first kappa shape index (κ1) is 19.4. The number of carbonyl (C=O) groups is 1. The third-order valence-electron chi connectivity index (χ3n) is 5.47. The monoisotopic (exact) mass is 391 g/mol. The average Bonchev–Trinajstić information content (AvgIpc) is 2.78. The highest BCUT2D eigenvalue weighted by molar-refractivity contribution is 5.94. The number of amides is 1. The number of aliphatic hydroxyl groups excluding tert-OH is 1. The van der Waals surface area contributed by atoms with E-state index in [4.69, 9.17) is 4.74 Å². The molecule has 0 aromatic heterocycles. The molecule has 1 amide bonds. The second-order valence-corrected chi connectivity index (χ2v) is 7.59. The van der Waals surface area contributed by atoms with Gasteiger partial charge in [0.15, 0.2) is 0 Å². The number of aliphatic hydroxyl groups is 1. The molecule has 0 bridgehead atoms. The Morgan fingerprint density at radius 3 is 2.41 bits per heavy atom. The van der Waals surface area contributed by atoms with Crippen LogP contribution < -0.4 is 9.64 Å². The number of nitrogens with one attached hydrogen (secondary N) is 1. The maximum atomic E-state index is 12.5. The molecule has 1 atom stereocenters. The minimum absolute atomic E-state index is 0.0878. The summed E-state index contributed by atoms with van der Waals surface area (Å²) >= 11 is 0. The van der Waals surface area contributed by atoms with Gasteiger partial charge in [-0.2, -0.15) is 0 Å². The van der Waals surface area contributed by atoms with Gasteiger partial charge < -0.3 is 19.6 Å². The summed E-state index contributed by atoms with van der Waals surface area (Å²) in [5.41, 5.74) is 0.736. The van der Waals surface area contributed by atoms with E-state index in [1.807, 2.05) is 65.6 Å². The van der Waals surface area contributed by atoms with E-state index < -0.39 is 6.10 Å².